The Hall–Kier alpha value is 2.88. The first-order valence-electron chi connectivity index (χ1n) is 5.62. The van der Waals surface area contributed by atoms with Crippen LogP contribution in [0.4, 0.5) is 0 Å². The molecule has 0 aliphatic rings. The molecule has 0 aliphatic carbocycles. The van der Waals surface area contributed by atoms with Crippen molar-refractivity contribution in [3.8, 4) is 0 Å². The summed E-state index contributed by atoms with van der Waals surface area (Å²) in [6.45, 7) is 3.60. The Kier molecular flexibility index (Phi) is 28.0. The zero-order valence-corrected chi connectivity index (χ0v) is 18.4. The molecule has 0 bridgehead atoms. The molecule has 0 rings (SSSR count). The molecule has 0 aromatic heterocycles. The molecule has 0 saturated carbocycles. The molecule has 0 spiro atoms. The molecule has 2 atom stereocenters. The Bertz CT molecular complexity index is 150. The summed E-state index contributed by atoms with van der Waals surface area (Å²) in [5.74, 6) is 0. The van der Waals surface area contributed by atoms with E-state index in [1.807, 2.05) is 6.92 Å². The number of unbranched alkanes of at least 4 members (excludes halogenated alkanes) is 3. The molecule has 0 aromatic rings. The summed E-state index contributed by atoms with van der Waals surface area (Å²) in [5, 5.41) is 28.2. The van der Waals surface area contributed by atoms with Gasteiger partial charge >= 0.3 is 0 Å². The van der Waals surface area contributed by atoms with Crippen LogP contribution in [-0.4, -0.2) is 122 Å². The zero-order valence-electron chi connectivity index (χ0n) is 12.4. The molecular weight excluding hydrogens is 249 g/mol. The molecule has 3 N–H and O–H groups in total. The van der Waals surface area contributed by atoms with Crippen LogP contribution in [0.5, 0.6) is 0 Å². The minimum Gasteiger partial charge on any atom is -0.394 e. The molecule has 0 aromatic carbocycles. The van der Waals surface area contributed by atoms with Gasteiger partial charge in [0.15, 0.2) is 0 Å². The van der Waals surface area contributed by atoms with Gasteiger partial charge < -0.3 is 15.3 Å². The summed E-state index contributed by atoms with van der Waals surface area (Å²) in [7, 11) is 0. The normalized spacial score (nSPS) is 14.6. The molecule has 6 heteroatoms. The van der Waals surface area contributed by atoms with E-state index in [1.165, 1.54) is 0 Å². The average Bonchev–Trinajstić information content (AvgIpc) is 2.22. The number of aliphatic hydroxyl groups is 3. The molecule has 0 heterocycles. The van der Waals surface area contributed by atoms with Crippen molar-refractivity contribution in [1.82, 2.24) is 0 Å². The van der Waals surface area contributed by atoms with Gasteiger partial charge in [0.2, 0.25) is 0 Å². The SMILES string of the molecule is CCCCCCC(O)(CC)C(O)CO.[Na].[Na].[Na]. The standard InChI is InChI=1S/C11H24O3.3Na/c1-3-5-6-7-8-11(14,4-2)10(13)9-12;;;/h10,12-14H,3-9H2,1-2H3;;;. The van der Waals surface area contributed by atoms with Crippen LogP contribution in [0, 0.1) is 0 Å². The largest absolute Gasteiger partial charge is 0.394 e. The average molecular weight is 273 g/mol. The molecule has 0 fully saturated rings. The van der Waals surface area contributed by atoms with E-state index in [2.05, 4.69) is 6.92 Å². The number of hydrogen-bond donors (Lipinski definition) is 3. The van der Waals surface area contributed by atoms with E-state index in [4.69, 9.17) is 5.11 Å². The quantitative estimate of drug-likeness (QED) is 0.440. The van der Waals surface area contributed by atoms with E-state index >= 15 is 0 Å². The van der Waals surface area contributed by atoms with Crippen LogP contribution in [0.15, 0.2) is 0 Å². The first-order chi connectivity index (χ1) is 6.60. The minimum atomic E-state index is -1.09. The molecular formula is C11H24Na3O3. The third-order valence-corrected chi connectivity index (χ3v) is 2.87. The van der Waals surface area contributed by atoms with Gasteiger partial charge in [-0.25, -0.2) is 0 Å². The van der Waals surface area contributed by atoms with Crippen LogP contribution >= 0.6 is 0 Å². The van der Waals surface area contributed by atoms with Crippen LogP contribution in [0.25, 0.3) is 0 Å². The van der Waals surface area contributed by atoms with Crippen LogP contribution in [-0.2, 0) is 0 Å². The van der Waals surface area contributed by atoms with E-state index in [0.29, 0.717) is 12.8 Å². The first-order valence-corrected chi connectivity index (χ1v) is 5.62. The van der Waals surface area contributed by atoms with E-state index in [0.717, 1.165) is 25.7 Å². The second-order valence-electron chi connectivity index (χ2n) is 3.97. The summed E-state index contributed by atoms with van der Waals surface area (Å²) in [6, 6.07) is 0. The number of hydrogen-bond acceptors (Lipinski definition) is 3. The molecule has 3 nitrogen and oxygen atoms in total. The Labute approximate surface area is 172 Å². The van der Waals surface area contributed by atoms with E-state index in [1.54, 1.807) is 0 Å². The van der Waals surface area contributed by atoms with Gasteiger partial charge in [0.05, 0.1) is 12.2 Å². The van der Waals surface area contributed by atoms with Crippen LogP contribution in [0.1, 0.15) is 52.4 Å². The number of aliphatic hydroxyl groups excluding tert-OH is 2. The Balaban J connectivity index is -0.000000282. The molecule has 0 aliphatic heterocycles. The van der Waals surface area contributed by atoms with Gasteiger partial charge in [0.25, 0.3) is 0 Å². The fourth-order valence-electron chi connectivity index (χ4n) is 1.61. The van der Waals surface area contributed by atoms with Gasteiger partial charge in [-0.3, -0.25) is 0 Å². The van der Waals surface area contributed by atoms with Crippen LogP contribution < -0.4 is 0 Å². The van der Waals surface area contributed by atoms with Gasteiger partial charge in [0.1, 0.15) is 6.10 Å². The Morgan fingerprint density at radius 3 is 1.88 bits per heavy atom. The summed E-state index contributed by atoms with van der Waals surface area (Å²) in [4.78, 5) is 0. The summed E-state index contributed by atoms with van der Waals surface area (Å²) < 4.78 is 0. The van der Waals surface area contributed by atoms with Crippen molar-refractivity contribution < 1.29 is 15.3 Å². The fourth-order valence-corrected chi connectivity index (χ4v) is 1.61. The maximum absolute atomic E-state index is 9.98. The maximum atomic E-state index is 9.98. The predicted octanol–water partition coefficient (Wildman–Crippen LogP) is 0.309. The van der Waals surface area contributed by atoms with Crippen molar-refractivity contribution in [3.05, 3.63) is 0 Å². The third kappa shape index (κ3) is 12.3. The van der Waals surface area contributed by atoms with Crippen LogP contribution in [0.3, 0.4) is 0 Å². The Morgan fingerprint density at radius 2 is 1.53 bits per heavy atom. The second kappa shape index (κ2) is 16.9. The van der Waals surface area contributed by atoms with Gasteiger partial charge in [-0.1, -0.05) is 39.5 Å². The molecule has 0 amide bonds. The number of rotatable bonds is 8. The van der Waals surface area contributed by atoms with Crippen molar-refractivity contribution >= 4 is 88.7 Å². The monoisotopic (exact) mass is 273 g/mol. The van der Waals surface area contributed by atoms with E-state index in [-0.39, 0.29) is 95.3 Å². The van der Waals surface area contributed by atoms with Crippen molar-refractivity contribution in [1.29, 1.82) is 0 Å². The first kappa shape index (κ1) is 28.1. The van der Waals surface area contributed by atoms with E-state index < -0.39 is 11.7 Å². The summed E-state index contributed by atoms with van der Waals surface area (Å²) in [6.07, 6.45) is 4.37. The van der Waals surface area contributed by atoms with Crippen molar-refractivity contribution in [2.24, 2.45) is 0 Å². The maximum Gasteiger partial charge on any atom is 0.106 e. The smallest absolute Gasteiger partial charge is 0.106 e. The molecule has 17 heavy (non-hydrogen) atoms. The van der Waals surface area contributed by atoms with Gasteiger partial charge in [-0.2, -0.15) is 0 Å². The third-order valence-electron chi connectivity index (χ3n) is 2.87. The minimum absolute atomic E-state index is 0. The van der Waals surface area contributed by atoms with Crippen molar-refractivity contribution in [2.75, 3.05) is 6.61 Å². The molecule has 3 radical (unpaired) electrons. The second-order valence-corrected chi connectivity index (χ2v) is 3.97. The van der Waals surface area contributed by atoms with Gasteiger partial charge in [-0.15, -0.1) is 0 Å². The fraction of sp³-hybridized carbons (Fsp3) is 1.00. The van der Waals surface area contributed by atoms with E-state index in [9.17, 15) is 10.2 Å². The summed E-state index contributed by atoms with van der Waals surface area (Å²) >= 11 is 0. The van der Waals surface area contributed by atoms with Gasteiger partial charge in [-0.05, 0) is 12.8 Å². The Morgan fingerprint density at radius 1 is 1.00 bits per heavy atom. The molecule has 89 valence electrons. The summed E-state index contributed by atoms with van der Waals surface area (Å²) in [5.41, 5.74) is -1.09. The van der Waals surface area contributed by atoms with Crippen molar-refractivity contribution in [3.63, 3.8) is 0 Å². The van der Waals surface area contributed by atoms with Crippen LogP contribution in [0.2, 0.25) is 0 Å². The molecule has 2 unspecified atom stereocenters. The van der Waals surface area contributed by atoms with Gasteiger partial charge in [0, 0.05) is 88.7 Å². The zero-order chi connectivity index (χ0) is 11.0. The molecule has 0 saturated heterocycles. The van der Waals surface area contributed by atoms with Crippen molar-refractivity contribution in [2.45, 2.75) is 64.1 Å². The predicted molar refractivity (Wildman–Crippen MR) is 74.4 cm³/mol. The topological polar surface area (TPSA) is 60.7 Å².